The largest absolute Gasteiger partial charge is 0.385 e. The van der Waals surface area contributed by atoms with Gasteiger partial charge >= 0.3 is 0 Å². The quantitative estimate of drug-likeness (QED) is 0.684. The number of hydrogen-bond donors (Lipinski definition) is 1. The Labute approximate surface area is 74.4 Å². The van der Waals surface area contributed by atoms with E-state index in [4.69, 9.17) is 9.47 Å². The molecule has 1 aliphatic heterocycles. The third kappa shape index (κ3) is 2.73. The molecule has 1 heterocycles. The van der Waals surface area contributed by atoms with Crippen LogP contribution in [-0.4, -0.2) is 38.5 Å². The summed E-state index contributed by atoms with van der Waals surface area (Å²) in [5, 5.41) is 3.35. The summed E-state index contributed by atoms with van der Waals surface area (Å²) in [5.41, 5.74) is -0.0341. The van der Waals surface area contributed by atoms with Gasteiger partial charge in [0.15, 0.2) is 0 Å². The van der Waals surface area contributed by atoms with E-state index in [1.807, 2.05) is 0 Å². The van der Waals surface area contributed by atoms with E-state index >= 15 is 0 Å². The van der Waals surface area contributed by atoms with Crippen molar-refractivity contribution in [2.24, 2.45) is 0 Å². The topological polar surface area (TPSA) is 30.5 Å². The van der Waals surface area contributed by atoms with Gasteiger partial charge in [0.2, 0.25) is 0 Å². The molecule has 0 aromatic carbocycles. The number of morpholine rings is 1. The average Bonchev–Trinajstić information content (AvgIpc) is 2.01. The lowest BCUT2D eigenvalue weighted by atomic mass is 10.0. The van der Waals surface area contributed by atoms with Crippen LogP contribution < -0.4 is 5.32 Å². The van der Waals surface area contributed by atoms with Crippen LogP contribution in [0.25, 0.3) is 0 Å². The smallest absolute Gasteiger partial charge is 0.0804 e. The van der Waals surface area contributed by atoms with Crippen LogP contribution in [-0.2, 0) is 9.47 Å². The van der Waals surface area contributed by atoms with Gasteiger partial charge < -0.3 is 14.8 Å². The van der Waals surface area contributed by atoms with Crippen molar-refractivity contribution >= 4 is 0 Å². The minimum absolute atomic E-state index is 0.0341. The number of nitrogens with one attached hydrogen (secondary N) is 1. The van der Waals surface area contributed by atoms with Crippen molar-refractivity contribution in [1.29, 1.82) is 0 Å². The Morgan fingerprint density at radius 1 is 1.67 bits per heavy atom. The molecule has 1 rings (SSSR count). The Morgan fingerprint density at radius 3 is 3.00 bits per heavy atom. The van der Waals surface area contributed by atoms with Gasteiger partial charge in [-0.3, -0.25) is 0 Å². The molecule has 1 fully saturated rings. The Hall–Kier alpha value is -0.120. The standard InChI is InChI=1S/C9H19NO2/c1-8-6-10-7-9(2,12-8)4-5-11-3/h8,10H,4-7H2,1-3H3. The lowest BCUT2D eigenvalue weighted by Crippen LogP contribution is -2.51. The van der Waals surface area contributed by atoms with Crippen molar-refractivity contribution in [1.82, 2.24) is 5.32 Å². The molecule has 1 saturated heterocycles. The summed E-state index contributed by atoms with van der Waals surface area (Å²) in [7, 11) is 1.73. The lowest BCUT2D eigenvalue weighted by molar-refractivity contribution is -0.108. The van der Waals surface area contributed by atoms with Gasteiger partial charge in [0.1, 0.15) is 0 Å². The van der Waals surface area contributed by atoms with Crippen molar-refractivity contribution in [2.75, 3.05) is 26.8 Å². The van der Waals surface area contributed by atoms with Gasteiger partial charge in [-0.25, -0.2) is 0 Å². The second kappa shape index (κ2) is 4.21. The summed E-state index contributed by atoms with van der Waals surface area (Å²) < 4.78 is 10.9. The van der Waals surface area contributed by atoms with Crippen LogP contribution in [0.2, 0.25) is 0 Å². The molecule has 3 heteroatoms. The molecular weight excluding hydrogens is 154 g/mol. The van der Waals surface area contributed by atoms with Gasteiger partial charge in [-0.15, -0.1) is 0 Å². The third-order valence-electron chi connectivity index (χ3n) is 2.25. The highest BCUT2D eigenvalue weighted by Gasteiger charge is 2.30. The van der Waals surface area contributed by atoms with Crippen LogP contribution in [0, 0.1) is 0 Å². The molecule has 0 aromatic rings. The fraction of sp³-hybridized carbons (Fsp3) is 1.00. The van der Waals surface area contributed by atoms with Crippen LogP contribution in [0.3, 0.4) is 0 Å². The molecule has 72 valence electrons. The van der Waals surface area contributed by atoms with Crippen molar-refractivity contribution in [3.05, 3.63) is 0 Å². The van der Waals surface area contributed by atoms with Crippen molar-refractivity contribution in [3.8, 4) is 0 Å². The van der Waals surface area contributed by atoms with Gasteiger partial charge in [0.25, 0.3) is 0 Å². The Morgan fingerprint density at radius 2 is 2.42 bits per heavy atom. The molecule has 0 bridgehead atoms. The first-order valence-electron chi connectivity index (χ1n) is 4.54. The van der Waals surface area contributed by atoms with Crippen LogP contribution in [0.1, 0.15) is 20.3 Å². The third-order valence-corrected chi connectivity index (χ3v) is 2.25. The molecule has 12 heavy (non-hydrogen) atoms. The van der Waals surface area contributed by atoms with Gasteiger partial charge in [-0.05, 0) is 13.8 Å². The van der Waals surface area contributed by atoms with Gasteiger partial charge in [-0.1, -0.05) is 0 Å². The first-order chi connectivity index (χ1) is 5.66. The Balaban J connectivity index is 2.35. The van der Waals surface area contributed by atoms with E-state index in [2.05, 4.69) is 19.2 Å². The Kier molecular flexibility index (Phi) is 3.50. The summed E-state index contributed by atoms with van der Waals surface area (Å²) in [6, 6.07) is 0. The zero-order valence-electron chi connectivity index (χ0n) is 8.22. The highest BCUT2D eigenvalue weighted by atomic mass is 16.5. The molecule has 1 N–H and O–H groups in total. The maximum atomic E-state index is 5.83. The lowest BCUT2D eigenvalue weighted by Gasteiger charge is -2.38. The second-order valence-corrected chi connectivity index (χ2v) is 3.75. The average molecular weight is 173 g/mol. The number of methoxy groups -OCH3 is 1. The molecule has 0 saturated carbocycles. The molecule has 1 aliphatic rings. The summed E-state index contributed by atoms with van der Waals surface area (Å²) in [6.45, 7) is 6.89. The van der Waals surface area contributed by atoms with Gasteiger partial charge in [0, 0.05) is 33.2 Å². The minimum Gasteiger partial charge on any atom is -0.385 e. The van der Waals surface area contributed by atoms with E-state index < -0.39 is 0 Å². The van der Waals surface area contributed by atoms with E-state index in [9.17, 15) is 0 Å². The fourth-order valence-corrected chi connectivity index (χ4v) is 1.57. The van der Waals surface area contributed by atoms with Crippen LogP contribution in [0.4, 0.5) is 0 Å². The van der Waals surface area contributed by atoms with Gasteiger partial charge in [-0.2, -0.15) is 0 Å². The fourth-order valence-electron chi connectivity index (χ4n) is 1.57. The van der Waals surface area contributed by atoms with E-state index in [-0.39, 0.29) is 5.60 Å². The minimum atomic E-state index is -0.0341. The molecule has 0 aromatic heterocycles. The highest BCUT2D eigenvalue weighted by molar-refractivity contribution is 4.83. The predicted molar refractivity (Wildman–Crippen MR) is 48.3 cm³/mol. The van der Waals surface area contributed by atoms with E-state index in [1.165, 1.54) is 0 Å². The molecular formula is C9H19NO2. The molecule has 0 aliphatic carbocycles. The van der Waals surface area contributed by atoms with Crippen molar-refractivity contribution in [3.63, 3.8) is 0 Å². The summed E-state index contributed by atoms with van der Waals surface area (Å²) in [5.74, 6) is 0. The first-order valence-corrected chi connectivity index (χ1v) is 4.54. The number of ether oxygens (including phenoxy) is 2. The normalized spacial score (nSPS) is 36.8. The monoisotopic (exact) mass is 173 g/mol. The zero-order valence-corrected chi connectivity index (χ0v) is 8.22. The summed E-state index contributed by atoms with van der Waals surface area (Å²) >= 11 is 0. The van der Waals surface area contributed by atoms with Crippen LogP contribution in [0.5, 0.6) is 0 Å². The first kappa shape index (κ1) is 9.96. The predicted octanol–water partition coefficient (Wildman–Crippen LogP) is 0.790. The van der Waals surface area contributed by atoms with Crippen LogP contribution in [0.15, 0.2) is 0 Å². The van der Waals surface area contributed by atoms with E-state index in [0.717, 1.165) is 26.1 Å². The van der Waals surface area contributed by atoms with Gasteiger partial charge in [0.05, 0.1) is 11.7 Å². The van der Waals surface area contributed by atoms with Crippen molar-refractivity contribution in [2.45, 2.75) is 32.0 Å². The van der Waals surface area contributed by atoms with Crippen molar-refractivity contribution < 1.29 is 9.47 Å². The maximum absolute atomic E-state index is 5.83. The molecule has 3 nitrogen and oxygen atoms in total. The maximum Gasteiger partial charge on any atom is 0.0804 e. The van der Waals surface area contributed by atoms with Crippen LogP contribution >= 0.6 is 0 Å². The molecule has 0 radical (unpaired) electrons. The Bertz CT molecular complexity index is 140. The molecule has 2 unspecified atom stereocenters. The summed E-state index contributed by atoms with van der Waals surface area (Å²) in [6.07, 6.45) is 1.28. The molecule has 0 amide bonds. The van der Waals surface area contributed by atoms with E-state index in [1.54, 1.807) is 7.11 Å². The zero-order chi connectivity index (χ0) is 9.03. The number of hydrogen-bond acceptors (Lipinski definition) is 3. The SMILES string of the molecule is COCCC1(C)CNCC(C)O1. The number of rotatable bonds is 3. The second-order valence-electron chi connectivity index (χ2n) is 3.75. The van der Waals surface area contributed by atoms with E-state index in [0.29, 0.717) is 6.10 Å². The highest BCUT2D eigenvalue weighted by Crippen LogP contribution is 2.19. The summed E-state index contributed by atoms with van der Waals surface area (Å²) in [4.78, 5) is 0. The molecule has 2 atom stereocenters. The molecule has 0 spiro atoms.